The number of ether oxygens (including phenoxy) is 4. The molecule has 0 aromatic carbocycles. The zero-order chi connectivity index (χ0) is 49.6. The SMILES string of the molecule is CC(C)(C)OC(=O)N[C@H](CCCCNSc1ncccc1[N+](=O)[O-])C(=O)O[C@H]1[C@@H](O)[C@H](n2cnc3c(N)ncnc32)O[C@H]1COP(=O)(O)O[C@H]1C[C@H](n2ccc(N)nc2=O)O[C@@H]1COP(=O)(O)O. The minimum absolute atomic E-state index is 0.0227. The van der Waals surface area contributed by atoms with Crippen LogP contribution in [0.15, 0.2) is 53.1 Å². The number of fused-ring (bicyclic) bond motifs is 1. The Bertz CT molecular complexity index is 2600. The molecule has 33 heteroatoms. The molecule has 2 fully saturated rings. The van der Waals surface area contributed by atoms with Crippen LogP contribution in [0.3, 0.4) is 0 Å². The number of hydrogen-bond acceptors (Lipinski definition) is 24. The molecule has 2 saturated heterocycles. The summed E-state index contributed by atoms with van der Waals surface area (Å²) in [4.78, 5) is 99.9. The van der Waals surface area contributed by atoms with Gasteiger partial charge >= 0.3 is 39.1 Å². The van der Waals surface area contributed by atoms with Gasteiger partial charge in [0.1, 0.15) is 59.9 Å². The molecule has 9 atom stereocenters. The van der Waals surface area contributed by atoms with Crippen molar-refractivity contribution in [2.24, 2.45) is 0 Å². The first-order valence-corrected chi connectivity index (χ1v) is 24.1. The van der Waals surface area contributed by atoms with Crippen molar-refractivity contribution in [2.75, 3.05) is 31.2 Å². The van der Waals surface area contributed by atoms with Gasteiger partial charge in [0.2, 0.25) is 0 Å². The van der Waals surface area contributed by atoms with Gasteiger partial charge in [0, 0.05) is 31.4 Å². The molecule has 0 radical (unpaired) electrons. The van der Waals surface area contributed by atoms with Crippen LogP contribution >= 0.6 is 27.6 Å². The Balaban J connectivity index is 1.19. The summed E-state index contributed by atoms with van der Waals surface area (Å²) in [6.07, 6.45) is -6.65. The first-order chi connectivity index (χ1) is 32.0. The van der Waals surface area contributed by atoms with E-state index in [4.69, 9.17) is 39.5 Å². The lowest BCUT2D eigenvalue weighted by atomic mass is 10.1. The number of esters is 1. The van der Waals surface area contributed by atoms with E-state index in [1.807, 2.05) is 0 Å². The van der Waals surface area contributed by atoms with Crippen LogP contribution in [0, 0.1) is 10.1 Å². The second-order valence-electron chi connectivity index (χ2n) is 15.9. The number of carbonyl (C=O) groups is 2. The Morgan fingerprint density at radius 1 is 1.06 bits per heavy atom. The Labute approximate surface area is 388 Å². The van der Waals surface area contributed by atoms with Crippen molar-refractivity contribution >= 4 is 68.1 Å². The number of nitrogens with two attached hydrogens (primary N) is 2. The number of phosphoric acid groups is 2. The van der Waals surface area contributed by atoms with Gasteiger partial charge in [-0.05, 0) is 64.1 Å². The first kappa shape index (κ1) is 52.1. The third-order valence-electron chi connectivity index (χ3n) is 9.76. The van der Waals surface area contributed by atoms with Crippen molar-refractivity contribution < 1.29 is 75.9 Å². The molecule has 6 heterocycles. The van der Waals surface area contributed by atoms with Gasteiger partial charge in [-0.1, -0.05) is 0 Å². The lowest BCUT2D eigenvalue weighted by Crippen LogP contribution is -2.47. The van der Waals surface area contributed by atoms with Gasteiger partial charge in [-0.15, -0.1) is 0 Å². The summed E-state index contributed by atoms with van der Waals surface area (Å²) in [5.41, 5.74) is 9.67. The monoisotopic (exact) mass is 1020 g/mol. The second kappa shape index (κ2) is 22.0. The van der Waals surface area contributed by atoms with E-state index in [1.54, 1.807) is 20.8 Å². The quantitative estimate of drug-likeness (QED) is 0.0144. The van der Waals surface area contributed by atoms with Crippen LogP contribution in [0.4, 0.5) is 22.1 Å². The maximum absolute atomic E-state index is 14.0. The third-order valence-corrected chi connectivity index (χ3v) is 12.1. The van der Waals surface area contributed by atoms with Crippen molar-refractivity contribution in [2.45, 2.75) is 106 Å². The van der Waals surface area contributed by atoms with Crippen molar-refractivity contribution in [1.29, 1.82) is 0 Å². The Kier molecular flexibility index (Phi) is 16.9. The second-order valence-corrected chi connectivity index (χ2v) is 19.4. The van der Waals surface area contributed by atoms with Crippen LogP contribution in [0.2, 0.25) is 0 Å². The molecule has 2 aliphatic heterocycles. The van der Waals surface area contributed by atoms with E-state index >= 15 is 0 Å². The van der Waals surface area contributed by atoms with Gasteiger partial charge in [-0.3, -0.25) is 37.5 Å². The van der Waals surface area contributed by atoms with Crippen molar-refractivity contribution in [3.63, 3.8) is 0 Å². The summed E-state index contributed by atoms with van der Waals surface area (Å²) in [7, 11) is -10.4. The third kappa shape index (κ3) is 13.9. The molecule has 0 aliphatic carbocycles. The maximum Gasteiger partial charge on any atom is 0.472 e. The summed E-state index contributed by atoms with van der Waals surface area (Å²) < 4.78 is 68.6. The topological polar surface area (TPSA) is 424 Å². The first-order valence-electron chi connectivity index (χ1n) is 20.3. The number of alkyl carbamates (subject to hydrolysis) is 1. The van der Waals surface area contributed by atoms with Crippen LogP contribution in [-0.2, 0) is 46.4 Å². The smallest absolute Gasteiger partial charge is 0.455 e. The average Bonchev–Trinajstić information content (AvgIpc) is 3.94. The molecule has 0 spiro atoms. The number of nitrogen functional groups attached to an aromatic ring is 2. The largest absolute Gasteiger partial charge is 0.472 e. The molecule has 0 saturated carbocycles. The van der Waals surface area contributed by atoms with E-state index in [2.05, 4.69) is 39.5 Å². The van der Waals surface area contributed by atoms with Crippen LogP contribution in [0.25, 0.3) is 11.2 Å². The van der Waals surface area contributed by atoms with Gasteiger partial charge < -0.3 is 55.5 Å². The number of aliphatic hydroxyl groups excluding tert-OH is 1. The molecule has 2 aliphatic rings. The molecular formula is C35H48N12O18P2S. The number of carbonyl (C=O) groups excluding carboxylic acids is 2. The average molecular weight is 1020 g/mol. The van der Waals surface area contributed by atoms with E-state index in [0.29, 0.717) is 6.42 Å². The Morgan fingerprint density at radius 3 is 2.51 bits per heavy atom. The number of nitrogens with one attached hydrogen (secondary N) is 2. The Morgan fingerprint density at radius 2 is 1.81 bits per heavy atom. The highest BCUT2D eigenvalue weighted by Gasteiger charge is 2.50. The number of pyridine rings is 1. The molecule has 4 aromatic rings. The number of aromatic nitrogens is 7. The maximum atomic E-state index is 14.0. The summed E-state index contributed by atoms with van der Waals surface area (Å²) >= 11 is 0.933. The van der Waals surface area contributed by atoms with E-state index < -0.39 is 106 Å². The fourth-order valence-corrected chi connectivity index (χ4v) is 8.83. The predicted octanol–water partition coefficient (Wildman–Crippen LogP) is 0.980. The highest BCUT2D eigenvalue weighted by Crippen LogP contribution is 2.50. The molecule has 1 unspecified atom stereocenters. The number of rotatable bonds is 21. The molecule has 10 N–H and O–H groups in total. The number of aliphatic hydroxyl groups is 1. The summed E-state index contributed by atoms with van der Waals surface area (Å²) in [5.74, 6) is -1.24. The van der Waals surface area contributed by atoms with Gasteiger partial charge in [-0.2, -0.15) is 4.98 Å². The number of amides is 1. The standard InChI is InChI=1S/C35H48N12O18P2S/c1-35(2,3)64-34(51)43-18(7-4-5-11-42-68-30-19(47(52)53)8-6-10-38-30)32(49)63-27-22(62-31(26(27)48)46-17-41-25-28(37)39-16-40-29(25)46)15-60-67(57,58)65-20-13-24(45-12-9-23(36)44-33(45)50)61-21(20)14-59-66(54,55)56/h6,8-10,12,16-18,20-22,24,26-27,31,42,48H,4-5,7,11,13-15H2,1-3H3,(H,43,51)(H,57,58)(H2,36,44,50)(H2,37,39,40)(H2,54,55,56)/t18-,20+,21-,22+,24-,26-,27-,31-/m1/s1. The molecule has 4 aromatic heterocycles. The predicted molar refractivity (Wildman–Crippen MR) is 231 cm³/mol. The number of nitrogens with zero attached hydrogens (tertiary/aromatic N) is 8. The number of hydrogen-bond donors (Lipinski definition) is 8. The number of nitro groups is 1. The van der Waals surface area contributed by atoms with Gasteiger partial charge in [0.15, 0.2) is 28.8 Å². The van der Waals surface area contributed by atoms with Gasteiger partial charge in [-0.25, -0.2) is 43.4 Å². The van der Waals surface area contributed by atoms with Gasteiger partial charge in [0.25, 0.3) is 0 Å². The van der Waals surface area contributed by atoms with E-state index in [-0.39, 0.29) is 59.3 Å². The van der Waals surface area contributed by atoms with Crippen LogP contribution in [0.5, 0.6) is 0 Å². The van der Waals surface area contributed by atoms with Crippen LogP contribution < -0.4 is 27.2 Å². The zero-order valence-corrected chi connectivity index (χ0v) is 38.8. The number of phosphoric ester groups is 2. The Hall–Kier alpha value is -5.27. The number of anilines is 2. The van der Waals surface area contributed by atoms with Crippen molar-refractivity contribution in [1.82, 2.24) is 44.1 Å². The summed E-state index contributed by atoms with van der Waals surface area (Å²) in [6, 6.07) is 2.58. The number of imidazole rings is 1. The highest BCUT2D eigenvalue weighted by atomic mass is 32.2. The molecule has 6 rings (SSSR count). The lowest BCUT2D eigenvalue weighted by Gasteiger charge is -2.26. The molecule has 30 nitrogen and oxygen atoms in total. The molecule has 372 valence electrons. The molecule has 0 bridgehead atoms. The zero-order valence-electron chi connectivity index (χ0n) is 36.1. The summed E-state index contributed by atoms with van der Waals surface area (Å²) in [5, 5.41) is 25.7. The lowest BCUT2D eigenvalue weighted by molar-refractivity contribution is -0.388. The number of unbranched alkanes of at least 4 members (excludes halogenated alkanes) is 1. The van der Waals surface area contributed by atoms with Crippen molar-refractivity contribution in [3.05, 3.63) is 63.8 Å². The van der Waals surface area contributed by atoms with E-state index in [1.165, 1.54) is 41.5 Å². The molecule has 68 heavy (non-hydrogen) atoms. The van der Waals surface area contributed by atoms with Crippen LogP contribution in [-0.4, -0.2) is 133 Å². The highest BCUT2D eigenvalue weighted by molar-refractivity contribution is 7.97. The van der Waals surface area contributed by atoms with E-state index in [9.17, 15) is 53.4 Å². The minimum Gasteiger partial charge on any atom is -0.455 e. The van der Waals surface area contributed by atoms with Gasteiger partial charge in [0.05, 0.1) is 24.5 Å². The minimum atomic E-state index is -5.28. The van der Waals surface area contributed by atoms with Crippen molar-refractivity contribution in [3.8, 4) is 0 Å². The fraction of sp³-hybridized carbons (Fsp3) is 0.543. The fourth-order valence-electron chi connectivity index (χ4n) is 6.78. The molecule has 1 amide bonds. The van der Waals surface area contributed by atoms with E-state index in [0.717, 1.165) is 22.8 Å². The normalized spacial score (nSPS) is 23.2. The summed E-state index contributed by atoms with van der Waals surface area (Å²) in [6.45, 7) is 3.26. The van der Waals surface area contributed by atoms with Crippen LogP contribution in [0.1, 0.15) is 58.9 Å². The molecular weight excluding hydrogens is 970 g/mol.